The molecule has 0 radical (unpaired) electrons. The van der Waals surface area contributed by atoms with Crippen molar-refractivity contribution in [3.63, 3.8) is 0 Å². The topological polar surface area (TPSA) is 118 Å². The smallest absolute Gasteiger partial charge is 0.269 e. The molecule has 2 aromatic heterocycles. The lowest BCUT2D eigenvalue weighted by Crippen LogP contribution is -2.12. The van der Waals surface area contributed by atoms with Crippen LogP contribution >= 0.6 is 0 Å². The standard InChI is InChI=1S/C35H25N3O5/c1-22-7-9-25(10-8-22)34-33(24-5-3-2-4-6-24)29-21-26(13-18-30(29)37-35(34)40)36-32(39)20-17-28-16-19-31(43-28)23-11-14-27(15-12-23)38(41)42/h2-21H,1H3,(H,36,39)(H,37,40)/b20-17+. The van der Waals surface area contributed by atoms with Crippen LogP contribution in [-0.4, -0.2) is 15.8 Å². The lowest BCUT2D eigenvalue weighted by Gasteiger charge is -2.15. The first-order chi connectivity index (χ1) is 20.9. The maximum absolute atomic E-state index is 13.4. The fraction of sp³-hybridized carbons (Fsp3) is 0.0286. The summed E-state index contributed by atoms with van der Waals surface area (Å²) < 4.78 is 5.80. The quantitative estimate of drug-likeness (QED) is 0.115. The van der Waals surface area contributed by atoms with Crippen LogP contribution in [0.2, 0.25) is 0 Å². The zero-order valence-electron chi connectivity index (χ0n) is 23.0. The molecule has 6 aromatic rings. The number of pyridine rings is 1. The summed E-state index contributed by atoms with van der Waals surface area (Å²) in [7, 11) is 0. The molecule has 0 fully saturated rings. The second-order valence-corrected chi connectivity index (χ2v) is 10.0. The maximum atomic E-state index is 13.4. The molecule has 1 amide bonds. The summed E-state index contributed by atoms with van der Waals surface area (Å²) >= 11 is 0. The molecule has 0 bridgehead atoms. The SMILES string of the molecule is Cc1ccc(-c2c(-c3ccccc3)c3cc(NC(=O)/C=C/c4ccc(-c5ccc([N+](=O)[O-])cc5)o4)ccc3[nH]c2=O)cc1. The van der Waals surface area contributed by atoms with Crippen LogP contribution in [0.5, 0.6) is 0 Å². The van der Waals surface area contributed by atoms with E-state index in [0.29, 0.717) is 33.9 Å². The van der Waals surface area contributed by atoms with Crippen molar-refractivity contribution in [1.29, 1.82) is 0 Å². The Morgan fingerprint density at radius 3 is 2.26 bits per heavy atom. The number of fused-ring (bicyclic) bond motifs is 1. The van der Waals surface area contributed by atoms with Gasteiger partial charge in [-0.2, -0.15) is 0 Å². The minimum absolute atomic E-state index is 0.00518. The number of nitro groups is 1. The van der Waals surface area contributed by atoms with Crippen molar-refractivity contribution in [3.8, 4) is 33.6 Å². The summed E-state index contributed by atoms with van der Waals surface area (Å²) in [6, 6.07) is 32.4. The summed E-state index contributed by atoms with van der Waals surface area (Å²) in [6.07, 6.45) is 2.92. The molecule has 8 nitrogen and oxygen atoms in total. The molecule has 0 aliphatic rings. The van der Waals surface area contributed by atoms with Gasteiger partial charge in [0.2, 0.25) is 5.91 Å². The highest BCUT2D eigenvalue weighted by molar-refractivity contribution is 6.06. The Balaban J connectivity index is 1.30. The average Bonchev–Trinajstić information content (AvgIpc) is 3.50. The molecule has 0 saturated carbocycles. The number of carbonyl (C=O) groups is 1. The van der Waals surface area contributed by atoms with Crippen LogP contribution in [0, 0.1) is 17.0 Å². The van der Waals surface area contributed by atoms with Crippen LogP contribution in [0.3, 0.4) is 0 Å². The molecule has 2 N–H and O–H groups in total. The van der Waals surface area contributed by atoms with E-state index in [-0.39, 0.29) is 17.2 Å². The van der Waals surface area contributed by atoms with Crippen molar-refractivity contribution in [1.82, 2.24) is 4.98 Å². The number of amides is 1. The number of rotatable bonds is 7. The fourth-order valence-corrected chi connectivity index (χ4v) is 4.96. The molecule has 0 saturated heterocycles. The Kier molecular flexibility index (Phi) is 7.24. The van der Waals surface area contributed by atoms with Gasteiger partial charge in [-0.15, -0.1) is 0 Å². The molecule has 4 aromatic carbocycles. The number of aromatic amines is 1. The maximum Gasteiger partial charge on any atom is 0.269 e. The largest absolute Gasteiger partial charge is 0.457 e. The number of aryl methyl sites for hydroxylation is 1. The monoisotopic (exact) mass is 567 g/mol. The Bertz CT molecular complexity index is 2060. The number of anilines is 1. The highest BCUT2D eigenvalue weighted by Gasteiger charge is 2.17. The van der Waals surface area contributed by atoms with E-state index in [9.17, 15) is 19.7 Å². The number of H-pyrrole nitrogens is 1. The van der Waals surface area contributed by atoms with Gasteiger partial charge in [0.1, 0.15) is 11.5 Å². The first-order valence-electron chi connectivity index (χ1n) is 13.5. The molecular formula is C35H25N3O5. The van der Waals surface area contributed by atoms with Gasteiger partial charge in [0.15, 0.2) is 0 Å². The van der Waals surface area contributed by atoms with Crippen molar-refractivity contribution < 1.29 is 14.1 Å². The Hall–Kier alpha value is -6.02. The van der Waals surface area contributed by atoms with Crippen LogP contribution in [0.1, 0.15) is 11.3 Å². The van der Waals surface area contributed by atoms with E-state index >= 15 is 0 Å². The number of non-ortho nitro benzene ring substituents is 1. The number of hydrogen-bond acceptors (Lipinski definition) is 5. The summed E-state index contributed by atoms with van der Waals surface area (Å²) in [5.74, 6) is 0.613. The molecule has 0 aliphatic carbocycles. The van der Waals surface area contributed by atoms with E-state index in [2.05, 4.69) is 10.3 Å². The summed E-state index contributed by atoms with van der Waals surface area (Å²) in [5.41, 5.74) is 5.83. The zero-order valence-corrected chi connectivity index (χ0v) is 23.0. The first-order valence-corrected chi connectivity index (χ1v) is 13.5. The van der Waals surface area contributed by atoms with Crippen molar-refractivity contribution in [2.45, 2.75) is 6.92 Å². The zero-order chi connectivity index (χ0) is 29.9. The van der Waals surface area contributed by atoms with Crippen LogP contribution in [0.25, 0.3) is 50.6 Å². The Labute approximate surface area is 246 Å². The van der Waals surface area contributed by atoms with E-state index in [1.54, 1.807) is 42.5 Å². The van der Waals surface area contributed by atoms with Crippen LogP contribution < -0.4 is 10.9 Å². The number of nitrogens with one attached hydrogen (secondary N) is 2. The molecular weight excluding hydrogens is 542 g/mol. The highest BCUT2D eigenvalue weighted by atomic mass is 16.6. The Morgan fingerprint density at radius 2 is 1.53 bits per heavy atom. The van der Waals surface area contributed by atoms with Crippen molar-refractivity contribution in [2.75, 3.05) is 5.32 Å². The van der Waals surface area contributed by atoms with Crippen molar-refractivity contribution in [3.05, 3.63) is 147 Å². The van der Waals surface area contributed by atoms with Gasteiger partial charge in [-0.3, -0.25) is 19.7 Å². The lowest BCUT2D eigenvalue weighted by molar-refractivity contribution is -0.384. The molecule has 0 unspecified atom stereocenters. The van der Waals surface area contributed by atoms with Crippen LogP contribution in [0.15, 0.2) is 124 Å². The van der Waals surface area contributed by atoms with E-state index in [0.717, 1.165) is 27.6 Å². The summed E-state index contributed by atoms with van der Waals surface area (Å²) in [4.78, 5) is 39.7. The third-order valence-corrected chi connectivity index (χ3v) is 7.07. The molecule has 6 rings (SSSR count). The third kappa shape index (κ3) is 5.75. The van der Waals surface area contributed by atoms with E-state index in [1.807, 2.05) is 67.6 Å². The molecule has 0 spiro atoms. The second-order valence-electron chi connectivity index (χ2n) is 10.0. The predicted molar refractivity (Wildman–Crippen MR) is 169 cm³/mol. The lowest BCUT2D eigenvalue weighted by atomic mass is 9.92. The second kappa shape index (κ2) is 11.5. The Morgan fingerprint density at radius 1 is 0.837 bits per heavy atom. The molecule has 0 atom stereocenters. The average molecular weight is 568 g/mol. The van der Waals surface area contributed by atoms with E-state index in [1.165, 1.54) is 18.2 Å². The van der Waals surface area contributed by atoms with Gasteiger partial charge in [-0.05, 0) is 66.6 Å². The van der Waals surface area contributed by atoms with Gasteiger partial charge >= 0.3 is 0 Å². The summed E-state index contributed by atoms with van der Waals surface area (Å²) in [5, 5.41) is 14.6. The van der Waals surface area contributed by atoms with Crippen LogP contribution in [-0.2, 0) is 4.79 Å². The highest BCUT2D eigenvalue weighted by Crippen LogP contribution is 2.36. The molecule has 2 heterocycles. The number of nitrogens with zero attached hydrogens (tertiary/aromatic N) is 1. The van der Waals surface area contributed by atoms with Gasteiger partial charge in [0.25, 0.3) is 11.2 Å². The number of furan rings is 1. The third-order valence-electron chi connectivity index (χ3n) is 7.07. The number of aromatic nitrogens is 1. The normalized spacial score (nSPS) is 11.2. The number of nitro benzene ring substituents is 1. The minimum Gasteiger partial charge on any atom is -0.457 e. The van der Waals surface area contributed by atoms with Gasteiger partial charge in [-0.1, -0.05) is 60.2 Å². The number of hydrogen-bond donors (Lipinski definition) is 2. The van der Waals surface area contributed by atoms with Gasteiger partial charge in [0.05, 0.1) is 10.5 Å². The first kappa shape index (κ1) is 27.2. The summed E-state index contributed by atoms with van der Waals surface area (Å²) in [6.45, 7) is 2.00. The number of benzene rings is 4. The minimum atomic E-state index is -0.459. The predicted octanol–water partition coefficient (Wildman–Crippen LogP) is 7.99. The molecule has 8 heteroatoms. The van der Waals surface area contributed by atoms with Crippen LogP contribution in [0.4, 0.5) is 11.4 Å². The van der Waals surface area contributed by atoms with Crippen molar-refractivity contribution in [2.24, 2.45) is 0 Å². The fourth-order valence-electron chi connectivity index (χ4n) is 4.96. The molecule has 210 valence electrons. The van der Waals surface area contributed by atoms with Gasteiger partial charge in [0, 0.05) is 45.9 Å². The molecule has 43 heavy (non-hydrogen) atoms. The molecule has 0 aliphatic heterocycles. The number of carbonyl (C=O) groups excluding carboxylic acids is 1. The van der Waals surface area contributed by atoms with Crippen molar-refractivity contribution >= 4 is 34.3 Å². The van der Waals surface area contributed by atoms with Gasteiger partial charge in [-0.25, -0.2) is 0 Å². The van der Waals surface area contributed by atoms with E-state index in [4.69, 9.17) is 4.42 Å². The van der Waals surface area contributed by atoms with Gasteiger partial charge < -0.3 is 14.7 Å². The van der Waals surface area contributed by atoms with E-state index < -0.39 is 4.92 Å².